The topological polar surface area (TPSA) is 15.3 Å². The summed E-state index contributed by atoms with van der Waals surface area (Å²) < 4.78 is 0. The van der Waals surface area contributed by atoms with Gasteiger partial charge in [-0.05, 0) is 14.1 Å². The van der Waals surface area contributed by atoms with Crippen molar-refractivity contribution in [1.29, 1.82) is 0 Å². The highest BCUT2D eigenvalue weighted by molar-refractivity contribution is 7.80. The Hall–Kier alpha value is 0.270. The van der Waals surface area contributed by atoms with Crippen LogP contribution >= 0.6 is 12.6 Å². The van der Waals surface area contributed by atoms with Crippen LogP contribution in [0.4, 0.5) is 0 Å². The van der Waals surface area contributed by atoms with E-state index in [-0.39, 0.29) is 0 Å². The van der Waals surface area contributed by atoms with Gasteiger partial charge in [0.15, 0.2) is 0 Å². The first-order valence-electron chi connectivity index (χ1n) is 2.73. The van der Waals surface area contributed by atoms with E-state index >= 15 is 0 Å². The van der Waals surface area contributed by atoms with E-state index in [9.17, 15) is 0 Å². The minimum atomic E-state index is 0.772. The zero-order chi connectivity index (χ0) is 6.41. The van der Waals surface area contributed by atoms with Crippen LogP contribution in [0.2, 0.25) is 0 Å². The molecule has 8 heavy (non-hydrogen) atoms. The molecule has 3 heteroatoms. The van der Waals surface area contributed by atoms with Gasteiger partial charge in [0.25, 0.3) is 0 Å². The van der Waals surface area contributed by atoms with Gasteiger partial charge in [0.05, 0.1) is 0 Å². The van der Waals surface area contributed by atoms with E-state index in [4.69, 9.17) is 0 Å². The Bertz CT molecular complexity index is 47.7. The predicted molar refractivity (Wildman–Crippen MR) is 40.4 cm³/mol. The van der Waals surface area contributed by atoms with E-state index in [0.717, 1.165) is 19.0 Å². The predicted octanol–water partition coefficient (Wildman–Crippen LogP) is 0.0249. The molecule has 0 amide bonds. The van der Waals surface area contributed by atoms with E-state index in [1.165, 1.54) is 0 Å². The third-order valence-corrected chi connectivity index (χ3v) is 1.07. The summed E-state index contributed by atoms with van der Waals surface area (Å²) >= 11 is 3.99. The van der Waals surface area contributed by atoms with Crippen LogP contribution in [0, 0.1) is 0 Å². The Morgan fingerprint density at radius 1 is 1.50 bits per heavy atom. The van der Waals surface area contributed by atoms with E-state index in [0.29, 0.717) is 0 Å². The summed E-state index contributed by atoms with van der Waals surface area (Å²) in [6, 6.07) is 0. The normalized spacial score (nSPS) is 10.5. The molecular weight excluding hydrogens is 120 g/mol. The van der Waals surface area contributed by atoms with E-state index in [1.54, 1.807) is 0 Å². The molecule has 0 atom stereocenters. The minimum Gasteiger partial charge on any atom is -0.308 e. The molecule has 2 nitrogen and oxygen atoms in total. The summed E-state index contributed by atoms with van der Waals surface area (Å²) in [7, 11) is 4.11. The van der Waals surface area contributed by atoms with Crippen molar-refractivity contribution in [2.45, 2.75) is 0 Å². The Kier molecular flexibility index (Phi) is 5.59. The van der Waals surface area contributed by atoms with Crippen LogP contribution in [-0.2, 0) is 0 Å². The lowest BCUT2D eigenvalue weighted by Gasteiger charge is -2.07. The van der Waals surface area contributed by atoms with Gasteiger partial charge in [-0.25, -0.2) is 0 Å². The van der Waals surface area contributed by atoms with Crippen LogP contribution in [0.25, 0.3) is 0 Å². The van der Waals surface area contributed by atoms with Crippen molar-refractivity contribution in [1.82, 2.24) is 10.2 Å². The van der Waals surface area contributed by atoms with Crippen molar-refractivity contribution in [3.8, 4) is 0 Å². The third kappa shape index (κ3) is 6.27. The number of nitrogens with one attached hydrogen (secondary N) is 1. The standard InChI is InChI=1S/C5H14N2S/c1-7(2)4-3-6-5-8/h6,8H,3-5H2,1-2H3. The average molecular weight is 134 g/mol. The molecule has 0 spiro atoms. The van der Waals surface area contributed by atoms with Gasteiger partial charge < -0.3 is 10.2 Å². The number of nitrogens with zero attached hydrogens (tertiary/aromatic N) is 1. The molecule has 0 fully saturated rings. The summed E-state index contributed by atoms with van der Waals surface area (Å²) in [4.78, 5) is 2.14. The molecule has 0 heterocycles. The first-order valence-corrected chi connectivity index (χ1v) is 3.37. The SMILES string of the molecule is CN(C)CCNCS. The monoisotopic (exact) mass is 134 g/mol. The highest BCUT2D eigenvalue weighted by Crippen LogP contribution is 1.70. The fourth-order valence-corrected chi connectivity index (χ4v) is 0.540. The zero-order valence-electron chi connectivity index (χ0n) is 5.52. The Labute approximate surface area is 56.7 Å². The molecule has 0 aromatic rings. The number of rotatable bonds is 4. The molecule has 0 aliphatic carbocycles. The second-order valence-corrected chi connectivity index (χ2v) is 2.28. The maximum Gasteiger partial charge on any atom is 0.0387 e. The lowest BCUT2D eigenvalue weighted by atomic mass is 10.6. The van der Waals surface area contributed by atoms with Crippen molar-refractivity contribution in [2.24, 2.45) is 0 Å². The third-order valence-electron chi connectivity index (χ3n) is 0.848. The van der Waals surface area contributed by atoms with Crippen molar-refractivity contribution in [3.05, 3.63) is 0 Å². The average Bonchev–Trinajstić information content (AvgIpc) is 1.66. The summed E-state index contributed by atoms with van der Waals surface area (Å²) in [6.45, 7) is 2.11. The van der Waals surface area contributed by atoms with Gasteiger partial charge >= 0.3 is 0 Å². The van der Waals surface area contributed by atoms with Gasteiger partial charge in [-0.2, -0.15) is 12.6 Å². The van der Waals surface area contributed by atoms with E-state index in [2.05, 4.69) is 36.9 Å². The van der Waals surface area contributed by atoms with Gasteiger partial charge in [-0.15, -0.1) is 0 Å². The highest BCUT2D eigenvalue weighted by Gasteiger charge is 1.85. The fraction of sp³-hybridized carbons (Fsp3) is 1.00. The van der Waals surface area contributed by atoms with E-state index < -0.39 is 0 Å². The summed E-state index contributed by atoms with van der Waals surface area (Å²) in [5.41, 5.74) is 0. The second kappa shape index (κ2) is 5.41. The van der Waals surface area contributed by atoms with E-state index in [1.807, 2.05) is 0 Å². The van der Waals surface area contributed by atoms with Crippen molar-refractivity contribution >= 4 is 12.6 Å². The minimum absolute atomic E-state index is 0.772. The quantitative estimate of drug-likeness (QED) is 0.320. The van der Waals surface area contributed by atoms with Crippen LogP contribution in [-0.4, -0.2) is 38.0 Å². The molecule has 0 aliphatic rings. The maximum absolute atomic E-state index is 3.99. The molecule has 50 valence electrons. The Morgan fingerprint density at radius 2 is 2.12 bits per heavy atom. The second-order valence-electron chi connectivity index (χ2n) is 1.96. The van der Waals surface area contributed by atoms with Crippen molar-refractivity contribution in [2.75, 3.05) is 33.1 Å². The van der Waals surface area contributed by atoms with Crippen LogP contribution in [0.5, 0.6) is 0 Å². The molecule has 0 aromatic carbocycles. The fourth-order valence-electron chi connectivity index (χ4n) is 0.382. The molecule has 0 aliphatic heterocycles. The van der Waals surface area contributed by atoms with Crippen molar-refractivity contribution in [3.63, 3.8) is 0 Å². The Morgan fingerprint density at radius 3 is 2.50 bits per heavy atom. The number of hydrogen-bond acceptors (Lipinski definition) is 3. The summed E-state index contributed by atoms with van der Waals surface area (Å²) in [5, 5.41) is 3.10. The maximum atomic E-state index is 3.99. The first kappa shape index (κ1) is 8.27. The van der Waals surface area contributed by atoms with Crippen LogP contribution in [0.1, 0.15) is 0 Å². The number of thiol groups is 1. The Balaban J connectivity index is 2.72. The molecular formula is C5H14N2S. The van der Waals surface area contributed by atoms with Crippen LogP contribution < -0.4 is 5.32 Å². The van der Waals surface area contributed by atoms with Gasteiger partial charge in [-0.1, -0.05) is 0 Å². The molecule has 0 bridgehead atoms. The number of hydrogen-bond donors (Lipinski definition) is 2. The molecule has 0 saturated heterocycles. The smallest absolute Gasteiger partial charge is 0.0387 e. The zero-order valence-corrected chi connectivity index (χ0v) is 6.41. The summed E-state index contributed by atoms with van der Waals surface area (Å²) in [5.74, 6) is 0.772. The van der Waals surface area contributed by atoms with Gasteiger partial charge in [-0.3, -0.25) is 0 Å². The van der Waals surface area contributed by atoms with Crippen molar-refractivity contribution < 1.29 is 0 Å². The molecule has 0 aromatic heterocycles. The molecule has 0 unspecified atom stereocenters. The molecule has 0 radical (unpaired) electrons. The van der Waals surface area contributed by atoms with Gasteiger partial charge in [0, 0.05) is 19.0 Å². The van der Waals surface area contributed by atoms with Crippen LogP contribution in [0.3, 0.4) is 0 Å². The first-order chi connectivity index (χ1) is 3.77. The number of likely N-dealkylation sites (N-methyl/N-ethyl adjacent to an activating group) is 1. The summed E-state index contributed by atoms with van der Waals surface area (Å²) in [6.07, 6.45) is 0. The largest absolute Gasteiger partial charge is 0.308 e. The van der Waals surface area contributed by atoms with Gasteiger partial charge in [0.1, 0.15) is 0 Å². The highest BCUT2D eigenvalue weighted by atomic mass is 32.1. The lowest BCUT2D eigenvalue weighted by Crippen LogP contribution is -2.25. The molecule has 1 N–H and O–H groups in total. The molecule has 0 saturated carbocycles. The lowest BCUT2D eigenvalue weighted by molar-refractivity contribution is 0.406. The van der Waals surface area contributed by atoms with Crippen LogP contribution in [0.15, 0.2) is 0 Å². The van der Waals surface area contributed by atoms with Gasteiger partial charge in [0.2, 0.25) is 0 Å². The molecule has 0 rings (SSSR count).